The normalized spacial score (nSPS) is 21.9. The van der Waals surface area contributed by atoms with Crippen molar-refractivity contribution >= 4 is 39.8 Å². The molecule has 1 atom stereocenters. The smallest absolute Gasteiger partial charge is 0.194 e. The minimum atomic E-state index is -2.95. The second-order valence-electron chi connectivity index (χ2n) is 7.44. The first-order valence-electron chi connectivity index (χ1n) is 9.99. The molecule has 2 aliphatic rings. The van der Waals surface area contributed by atoms with Gasteiger partial charge < -0.3 is 19.9 Å². The Morgan fingerprint density at radius 3 is 2.59 bits per heavy atom. The van der Waals surface area contributed by atoms with Gasteiger partial charge in [-0.2, -0.15) is 0 Å². The summed E-state index contributed by atoms with van der Waals surface area (Å²) in [4.78, 5) is 9.63. The van der Waals surface area contributed by atoms with E-state index in [9.17, 15) is 8.42 Å². The Bertz CT molecular complexity index is 539. The molecule has 0 spiro atoms. The van der Waals surface area contributed by atoms with Crippen LogP contribution in [-0.2, 0) is 14.6 Å². The van der Waals surface area contributed by atoms with E-state index in [1.807, 2.05) is 0 Å². The molecule has 0 saturated carbocycles. The highest BCUT2D eigenvalue weighted by Crippen LogP contribution is 2.19. The molecule has 2 aliphatic heterocycles. The first kappa shape index (κ1) is 24.9. The zero-order chi connectivity index (χ0) is 18.8. The molecule has 9 heteroatoms. The number of likely N-dealkylation sites (tertiary alicyclic amines) is 2. The number of nitrogens with zero attached hydrogens (tertiary/aromatic N) is 3. The third-order valence-corrected chi connectivity index (χ3v) is 5.89. The molecule has 1 unspecified atom stereocenters. The summed E-state index contributed by atoms with van der Waals surface area (Å²) in [5.41, 5.74) is 0. The summed E-state index contributed by atoms with van der Waals surface area (Å²) < 4.78 is 27.5. The molecule has 0 bridgehead atoms. The van der Waals surface area contributed by atoms with Gasteiger partial charge in [-0.25, -0.2) is 8.42 Å². The number of piperidine rings is 1. The Kier molecular flexibility index (Phi) is 12.1. The maximum atomic E-state index is 11.1. The van der Waals surface area contributed by atoms with Crippen LogP contribution in [0.5, 0.6) is 0 Å². The van der Waals surface area contributed by atoms with E-state index in [1.165, 1.54) is 51.6 Å². The fourth-order valence-electron chi connectivity index (χ4n) is 3.64. The third-order valence-electron chi connectivity index (χ3n) is 4.98. The summed E-state index contributed by atoms with van der Waals surface area (Å²) in [6, 6.07) is 0. The molecule has 0 aromatic heterocycles. The predicted octanol–water partition coefficient (Wildman–Crippen LogP) is 1.44. The van der Waals surface area contributed by atoms with Gasteiger partial charge in [0.15, 0.2) is 5.96 Å². The van der Waals surface area contributed by atoms with E-state index in [4.69, 9.17) is 4.74 Å². The van der Waals surface area contributed by atoms with E-state index in [0.717, 1.165) is 31.5 Å². The van der Waals surface area contributed by atoms with E-state index < -0.39 is 9.84 Å². The van der Waals surface area contributed by atoms with Gasteiger partial charge in [-0.05, 0) is 45.2 Å². The summed E-state index contributed by atoms with van der Waals surface area (Å²) in [6.07, 6.45) is 6.54. The monoisotopic (exact) mass is 516 g/mol. The molecule has 2 saturated heterocycles. The maximum Gasteiger partial charge on any atom is 0.194 e. The molecular formula is C18H37IN4O3S. The minimum Gasteiger partial charge on any atom is -0.378 e. The SMILES string of the molecule is CCNC(=NCCOCCS(C)(=O)=O)N1CCC(CN2CCCCC2)C1.I. The highest BCUT2D eigenvalue weighted by molar-refractivity contribution is 14.0. The second kappa shape index (κ2) is 13.2. The molecule has 160 valence electrons. The molecule has 0 aliphatic carbocycles. The molecule has 0 aromatic carbocycles. The summed E-state index contributed by atoms with van der Waals surface area (Å²) in [6.45, 7) is 10.0. The predicted molar refractivity (Wildman–Crippen MR) is 122 cm³/mol. The first-order chi connectivity index (χ1) is 12.5. The third kappa shape index (κ3) is 10.3. The van der Waals surface area contributed by atoms with Crippen molar-refractivity contribution in [1.29, 1.82) is 0 Å². The maximum absolute atomic E-state index is 11.1. The van der Waals surface area contributed by atoms with Crippen molar-refractivity contribution < 1.29 is 13.2 Å². The van der Waals surface area contributed by atoms with E-state index in [1.54, 1.807) is 0 Å². The van der Waals surface area contributed by atoms with Crippen molar-refractivity contribution in [2.24, 2.45) is 10.9 Å². The summed E-state index contributed by atoms with van der Waals surface area (Å²) in [5.74, 6) is 1.75. The number of halogens is 1. The number of hydrogen-bond donors (Lipinski definition) is 1. The number of hydrogen-bond acceptors (Lipinski definition) is 5. The number of ether oxygens (including phenoxy) is 1. The molecule has 2 rings (SSSR count). The van der Waals surface area contributed by atoms with Crippen LogP contribution < -0.4 is 5.32 Å². The second-order valence-corrected chi connectivity index (χ2v) is 9.70. The fraction of sp³-hybridized carbons (Fsp3) is 0.944. The number of guanidine groups is 1. The number of rotatable bonds is 9. The quantitative estimate of drug-likeness (QED) is 0.217. The highest BCUT2D eigenvalue weighted by Gasteiger charge is 2.26. The number of aliphatic imine (C=N–C) groups is 1. The van der Waals surface area contributed by atoms with E-state index in [2.05, 4.69) is 27.0 Å². The van der Waals surface area contributed by atoms with Gasteiger partial charge in [0.1, 0.15) is 9.84 Å². The standard InChI is InChI=1S/C18H36N4O3S.HI/c1-3-19-18(20-8-12-25-13-14-26(2,23)24)22-11-7-17(16-22)15-21-9-5-4-6-10-21;/h17H,3-16H2,1-2H3,(H,19,20);1H. The van der Waals surface area contributed by atoms with Crippen molar-refractivity contribution in [2.75, 3.05) is 71.0 Å². The van der Waals surface area contributed by atoms with Crippen molar-refractivity contribution in [3.8, 4) is 0 Å². The Balaban J connectivity index is 0.00000364. The average molecular weight is 516 g/mol. The van der Waals surface area contributed by atoms with Crippen LogP contribution in [0.4, 0.5) is 0 Å². The fourth-order valence-corrected chi connectivity index (χ4v) is 4.06. The lowest BCUT2D eigenvalue weighted by Crippen LogP contribution is -2.41. The first-order valence-corrected chi connectivity index (χ1v) is 12.0. The van der Waals surface area contributed by atoms with Crippen LogP contribution >= 0.6 is 24.0 Å². The van der Waals surface area contributed by atoms with Crippen LogP contribution in [0.2, 0.25) is 0 Å². The Morgan fingerprint density at radius 1 is 1.19 bits per heavy atom. The molecule has 1 N–H and O–H groups in total. The number of nitrogens with one attached hydrogen (secondary N) is 1. The van der Waals surface area contributed by atoms with Crippen LogP contribution in [0.15, 0.2) is 4.99 Å². The van der Waals surface area contributed by atoms with Crippen molar-refractivity contribution in [3.63, 3.8) is 0 Å². The van der Waals surface area contributed by atoms with Gasteiger partial charge in [-0.15, -0.1) is 24.0 Å². The lowest BCUT2D eigenvalue weighted by Gasteiger charge is -2.29. The molecule has 2 fully saturated rings. The van der Waals surface area contributed by atoms with Crippen LogP contribution in [0.1, 0.15) is 32.6 Å². The van der Waals surface area contributed by atoms with Gasteiger partial charge in [0.05, 0.1) is 25.5 Å². The number of sulfone groups is 1. The van der Waals surface area contributed by atoms with Gasteiger partial charge in [0.25, 0.3) is 0 Å². The minimum absolute atomic E-state index is 0. The molecule has 7 nitrogen and oxygen atoms in total. The van der Waals surface area contributed by atoms with Crippen molar-refractivity contribution in [3.05, 3.63) is 0 Å². The lowest BCUT2D eigenvalue weighted by molar-refractivity contribution is 0.157. The van der Waals surface area contributed by atoms with Gasteiger partial charge >= 0.3 is 0 Å². The van der Waals surface area contributed by atoms with Crippen LogP contribution in [0, 0.1) is 5.92 Å². The summed E-state index contributed by atoms with van der Waals surface area (Å²) in [7, 11) is -2.95. The molecule has 27 heavy (non-hydrogen) atoms. The van der Waals surface area contributed by atoms with Gasteiger partial charge in [-0.3, -0.25) is 4.99 Å². The van der Waals surface area contributed by atoms with Crippen molar-refractivity contribution in [1.82, 2.24) is 15.1 Å². The summed E-state index contributed by atoms with van der Waals surface area (Å²) >= 11 is 0. The van der Waals surface area contributed by atoms with Gasteiger partial charge in [0, 0.05) is 32.4 Å². The topological polar surface area (TPSA) is 74.2 Å². The summed E-state index contributed by atoms with van der Waals surface area (Å²) in [5, 5.41) is 3.37. The zero-order valence-electron chi connectivity index (χ0n) is 16.9. The van der Waals surface area contributed by atoms with E-state index in [-0.39, 0.29) is 36.3 Å². The van der Waals surface area contributed by atoms with Crippen LogP contribution in [-0.4, -0.2) is 95.2 Å². The Labute approximate surface area is 182 Å². The molecule has 0 amide bonds. The van der Waals surface area contributed by atoms with E-state index in [0.29, 0.717) is 13.2 Å². The highest BCUT2D eigenvalue weighted by atomic mass is 127. The Morgan fingerprint density at radius 2 is 1.93 bits per heavy atom. The molecule has 0 aromatic rings. The van der Waals surface area contributed by atoms with Gasteiger partial charge in [-0.1, -0.05) is 6.42 Å². The van der Waals surface area contributed by atoms with Crippen LogP contribution in [0.25, 0.3) is 0 Å². The molecule has 2 heterocycles. The largest absolute Gasteiger partial charge is 0.378 e. The van der Waals surface area contributed by atoms with Crippen molar-refractivity contribution in [2.45, 2.75) is 32.6 Å². The zero-order valence-corrected chi connectivity index (χ0v) is 20.0. The van der Waals surface area contributed by atoms with Gasteiger partial charge in [0.2, 0.25) is 0 Å². The molecular weight excluding hydrogens is 479 g/mol. The van der Waals surface area contributed by atoms with Crippen LogP contribution in [0.3, 0.4) is 0 Å². The average Bonchev–Trinajstić information content (AvgIpc) is 3.05. The Hall–Kier alpha value is -0.130. The lowest BCUT2D eigenvalue weighted by atomic mass is 10.1. The van der Waals surface area contributed by atoms with E-state index >= 15 is 0 Å². The molecule has 0 radical (unpaired) electrons.